The highest BCUT2D eigenvalue weighted by molar-refractivity contribution is 7.97. The lowest BCUT2D eigenvalue weighted by Crippen LogP contribution is -2.20. The van der Waals surface area contributed by atoms with Crippen LogP contribution in [0, 0.1) is 0 Å². The quantitative estimate of drug-likeness (QED) is 0.509. The molecule has 0 spiro atoms. The second-order valence-corrected chi connectivity index (χ2v) is 8.22. The van der Waals surface area contributed by atoms with Crippen molar-refractivity contribution in [1.82, 2.24) is 19.9 Å². The van der Waals surface area contributed by atoms with Crippen LogP contribution < -0.4 is 15.6 Å². The molecule has 3 rings (SSSR count). The molecule has 3 aromatic rings. The largest absolute Gasteiger partial charge is 0.321 e. The average molecular weight is 432 g/mol. The Morgan fingerprint density at radius 1 is 1.17 bits per heavy atom. The summed E-state index contributed by atoms with van der Waals surface area (Å²) in [6.45, 7) is 0. The van der Waals surface area contributed by atoms with Crippen LogP contribution in [0.5, 0.6) is 0 Å². The van der Waals surface area contributed by atoms with Gasteiger partial charge in [-0.05, 0) is 36.6 Å². The number of H-pyrrole nitrogens is 1. The molecule has 0 saturated carbocycles. The molecule has 0 aliphatic heterocycles. The van der Waals surface area contributed by atoms with Gasteiger partial charge in [-0.25, -0.2) is 28.1 Å². The van der Waals surface area contributed by atoms with E-state index in [-0.39, 0.29) is 16.5 Å². The maximum atomic E-state index is 12.4. The molecule has 10 nitrogen and oxygen atoms in total. The molecule has 0 fully saturated rings. The topological polar surface area (TPSA) is 147 Å². The van der Waals surface area contributed by atoms with Crippen molar-refractivity contribution in [2.24, 2.45) is 0 Å². The first-order valence-electron chi connectivity index (χ1n) is 8.18. The molecule has 0 aliphatic rings. The van der Waals surface area contributed by atoms with Crippen LogP contribution in [-0.4, -0.2) is 40.5 Å². The van der Waals surface area contributed by atoms with Crippen LogP contribution in [0.15, 0.2) is 58.5 Å². The number of hydrogen-bond donors (Lipinski definition) is 3. The Balaban J connectivity index is 1.74. The Hall–Kier alpha value is -3.25. The van der Waals surface area contributed by atoms with Gasteiger partial charge in [0, 0.05) is 24.1 Å². The number of carbonyl (C=O) groups excluding carboxylic acids is 1. The zero-order valence-corrected chi connectivity index (χ0v) is 16.8. The van der Waals surface area contributed by atoms with E-state index in [0.29, 0.717) is 17.3 Å². The van der Waals surface area contributed by atoms with Crippen LogP contribution in [0.3, 0.4) is 0 Å². The van der Waals surface area contributed by atoms with E-state index < -0.39 is 21.5 Å². The van der Waals surface area contributed by atoms with Crippen molar-refractivity contribution in [2.75, 3.05) is 16.3 Å². The van der Waals surface area contributed by atoms with Gasteiger partial charge >= 0.3 is 0 Å². The summed E-state index contributed by atoms with van der Waals surface area (Å²) in [7, 11) is -3.88. The zero-order chi connectivity index (χ0) is 20.9. The summed E-state index contributed by atoms with van der Waals surface area (Å²) < 4.78 is 27.0. The summed E-state index contributed by atoms with van der Waals surface area (Å²) in [6, 6.07) is 8.16. The van der Waals surface area contributed by atoms with Gasteiger partial charge in [0.15, 0.2) is 0 Å². The Morgan fingerprint density at radius 3 is 2.52 bits per heavy atom. The van der Waals surface area contributed by atoms with E-state index in [1.807, 2.05) is 6.26 Å². The summed E-state index contributed by atoms with van der Waals surface area (Å²) >= 11 is 1.46. The van der Waals surface area contributed by atoms with E-state index in [2.05, 4.69) is 30.0 Å². The molecule has 0 radical (unpaired) electrons. The van der Waals surface area contributed by atoms with Crippen LogP contribution in [0.25, 0.3) is 0 Å². The van der Waals surface area contributed by atoms with Crippen LogP contribution in [0.1, 0.15) is 16.3 Å². The number of rotatable bonds is 7. The Morgan fingerprint density at radius 2 is 1.86 bits per heavy atom. The summed E-state index contributed by atoms with van der Waals surface area (Å²) in [5, 5.41) is 2.58. The minimum absolute atomic E-state index is 0.0283. The third-order valence-electron chi connectivity index (χ3n) is 3.52. The lowest BCUT2D eigenvalue weighted by atomic mass is 10.3. The third-order valence-corrected chi connectivity index (χ3v) is 5.42. The number of amides is 1. The van der Waals surface area contributed by atoms with Gasteiger partial charge < -0.3 is 10.3 Å². The first kappa shape index (κ1) is 20.5. The number of benzene rings is 1. The number of nitrogens with one attached hydrogen (secondary N) is 3. The highest BCUT2D eigenvalue weighted by atomic mass is 32.2. The smallest absolute Gasteiger partial charge is 0.274 e. The number of nitrogens with zero attached hydrogens (tertiary/aromatic N) is 3. The van der Waals surface area contributed by atoms with Crippen LogP contribution >= 0.6 is 11.8 Å². The van der Waals surface area contributed by atoms with Gasteiger partial charge in [0.05, 0.1) is 10.6 Å². The fraction of sp³-hybridized carbons (Fsp3) is 0.118. The molecule has 1 amide bonds. The monoisotopic (exact) mass is 432 g/mol. The van der Waals surface area contributed by atoms with Gasteiger partial charge in [0.25, 0.3) is 21.5 Å². The fourth-order valence-corrected chi connectivity index (χ4v) is 3.64. The summed E-state index contributed by atoms with van der Waals surface area (Å²) in [4.78, 5) is 38.3. The number of aromatic amines is 1. The molecule has 150 valence electrons. The summed E-state index contributed by atoms with van der Waals surface area (Å²) in [5.41, 5.74) is -0.111. The SMILES string of the molecule is CSCc1nc(C(=O)Nc2ccc(S(=O)(=O)Nc3ncccn3)cc2)cc(=O)[nH]1. The molecule has 0 atom stereocenters. The van der Waals surface area contributed by atoms with E-state index in [1.165, 1.54) is 48.4 Å². The Bertz CT molecular complexity index is 1160. The number of sulfonamides is 1. The molecule has 3 N–H and O–H groups in total. The maximum absolute atomic E-state index is 12.4. The van der Waals surface area contributed by atoms with Gasteiger partial charge in [-0.2, -0.15) is 11.8 Å². The van der Waals surface area contributed by atoms with Crippen LogP contribution in [-0.2, 0) is 15.8 Å². The number of anilines is 2. The van der Waals surface area contributed by atoms with Crippen molar-refractivity contribution in [1.29, 1.82) is 0 Å². The molecule has 12 heteroatoms. The van der Waals surface area contributed by atoms with Crippen LogP contribution in [0.4, 0.5) is 11.6 Å². The molecule has 0 aliphatic carbocycles. The van der Waals surface area contributed by atoms with E-state index >= 15 is 0 Å². The average Bonchev–Trinajstić information content (AvgIpc) is 2.68. The Kier molecular flexibility index (Phi) is 6.24. The second-order valence-electron chi connectivity index (χ2n) is 5.67. The maximum Gasteiger partial charge on any atom is 0.274 e. The van der Waals surface area contributed by atoms with E-state index in [9.17, 15) is 18.0 Å². The van der Waals surface area contributed by atoms with Gasteiger partial charge in [-0.3, -0.25) is 9.59 Å². The minimum atomic E-state index is -3.88. The van der Waals surface area contributed by atoms with E-state index in [0.717, 1.165) is 6.07 Å². The highest BCUT2D eigenvalue weighted by Crippen LogP contribution is 2.17. The molecule has 0 saturated heterocycles. The molecular weight excluding hydrogens is 416 g/mol. The molecule has 2 heterocycles. The first-order chi connectivity index (χ1) is 13.9. The van der Waals surface area contributed by atoms with E-state index in [4.69, 9.17) is 0 Å². The highest BCUT2D eigenvalue weighted by Gasteiger charge is 2.16. The lowest BCUT2D eigenvalue weighted by molar-refractivity contribution is 0.102. The van der Waals surface area contributed by atoms with Gasteiger partial charge in [-0.15, -0.1) is 0 Å². The molecule has 29 heavy (non-hydrogen) atoms. The summed E-state index contributed by atoms with van der Waals surface area (Å²) in [6.07, 6.45) is 4.68. The van der Waals surface area contributed by atoms with Crippen molar-refractivity contribution in [3.8, 4) is 0 Å². The van der Waals surface area contributed by atoms with Gasteiger partial charge in [0.2, 0.25) is 5.95 Å². The molecule has 2 aromatic heterocycles. The fourth-order valence-electron chi connectivity index (χ4n) is 2.27. The van der Waals surface area contributed by atoms with E-state index in [1.54, 1.807) is 6.07 Å². The standard InChI is InChI=1S/C17H16N6O4S2/c1-28-10-14-21-13(9-15(24)22-14)16(25)20-11-3-5-12(6-4-11)29(26,27)23-17-18-7-2-8-19-17/h2-9H,10H2,1H3,(H,20,25)(H,18,19,23)(H,21,22,24). The van der Waals surface area contributed by atoms with Crippen molar-refractivity contribution in [3.05, 3.63) is 70.7 Å². The van der Waals surface area contributed by atoms with Gasteiger partial charge in [0.1, 0.15) is 11.5 Å². The lowest BCUT2D eigenvalue weighted by Gasteiger charge is -2.08. The zero-order valence-electron chi connectivity index (χ0n) is 15.1. The molecule has 1 aromatic carbocycles. The molecule has 0 unspecified atom stereocenters. The molecule has 0 bridgehead atoms. The predicted octanol–water partition coefficient (Wildman–Crippen LogP) is 1.48. The number of aromatic nitrogens is 4. The first-order valence-corrected chi connectivity index (χ1v) is 11.1. The third kappa shape index (κ3) is 5.39. The second kappa shape index (κ2) is 8.84. The number of thioether (sulfide) groups is 1. The van der Waals surface area contributed by atoms with Crippen molar-refractivity contribution >= 4 is 39.3 Å². The predicted molar refractivity (Wildman–Crippen MR) is 109 cm³/mol. The summed E-state index contributed by atoms with van der Waals surface area (Å²) in [5.74, 6) is 0.225. The Labute approximate surface area is 170 Å². The normalized spacial score (nSPS) is 11.1. The minimum Gasteiger partial charge on any atom is -0.321 e. The van der Waals surface area contributed by atoms with Crippen molar-refractivity contribution in [3.63, 3.8) is 0 Å². The number of carbonyl (C=O) groups is 1. The van der Waals surface area contributed by atoms with Crippen molar-refractivity contribution in [2.45, 2.75) is 10.6 Å². The number of hydrogen-bond acceptors (Lipinski definition) is 8. The van der Waals surface area contributed by atoms with Crippen molar-refractivity contribution < 1.29 is 13.2 Å². The van der Waals surface area contributed by atoms with Crippen LogP contribution in [0.2, 0.25) is 0 Å². The van der Waals surface area contributed by atoms with Gasteiger partial charge in [-0.1, -0.05) is 0 Å². The molecular formula is C17H16N6O4S2.